The molecule has 3 heteroatoms. The first-order valence-corrected chi connectivity index (χ1v) is 4.33. The summed E-state index contributed by atoms with van der Waals surface area (Å²) in [5, 5.41) is 0. The van der Waals surface area contributed by atoms with Crippen LogP contribution in [0.4, 0.5) is 0 Å². The third-order valence-corrected chi connectivity index (χ3v) is 1.95. The molecule has 1 aromatic heterocycles. The second kappa shape index (κ2) is 3.32. The molecule has 0 radical (unpaired) electrons. The van der Waals surface area contributed by atoms with E-state index in [-0.39, 0.29) is 5.41 Å². The number of hydrogen-bond acceptors (Lipinski definition) is 3. The molecular formula is C10H16N2O. The van der Waals surface area contributed by atoms with Crippen LogP contribution in [0.25, 0.3) is 0 Å². The van der Waals surface area contributed by atoms with Gasteiger partial charge in [-0.2, -0.15) is 0 Å². The molecule has 0 N–H and O–H groups in total. The van der Waals surface area contributed by atoms with Gasteiger partial charge in [-0.25, -0.2) is 9.97 Å². The monoisotopic (exact) mass is 180 g/mol. The van der Waals surface area contributed by atoms with Crippen LogP contribution < -0.4 is 4.74 Å². The normalized spacial score (nSPS) is 11.5. The first kappa shape index (κ1) is 9.96. The summed E-state index contributed by atoms with van der Waals surface area (Å²) in [7, 11) is 1.64. The summed E-state index contributed by atoms with van der Waals surface area (Å²) in [6.45, 7) is 8.36. The quantitative estimate of drug-likeness (QED) is 0.663. The fraction of sp³-hybridized carbons (Fsp3) is 0.600. The van der Waals surface area contributed by atoms with Gasteiger partial charge in [-0.15, -0.1) is 0 Å². The highest BCUT2D eigenvalue weighted by Crippen LogP contribution is 2.30. The van der Waals surface area contributed by atoms with E-state index in [4.69, 9.17) is 4.74 Å². The van der Waals surface area contributed by atoms with E-state index in [2.05, 4.69) is 30.7 Å². The van der Waals surface area contributed by atoms with Crippen molar-refractivity contribution in [3.05, 3.63) is 17.6 Å². The van der Waals surface area contributed by atoms with Crippen LogP contribution in [0.2, 0.25) is 0 Å². The van der Waals surface area contributed by atoms with Gasteiger partial charge in [0.15, 0.2) is 0 Å². The van der Waals surface area contributed by atoms with Crippen molar-refractivity contribution in [3.63, 3.8) is 0 Å². The Hall–Kier alpha value is -1.12. The molecule has 0 fully saturated rings. The van der Waals surface area contributed by atoms with E-state index in [1.807, 2.05) is 6.92 Å². The number of hydrogen-bond donors (Lipinski definition) is 0. The zero-order chi connectivity index (χ0) is 10.1. The third-order valence-electron chi connectivity index (χ3n) is 1.95. The van der Waals surface area contributed by atoms with E-state index in [1.165, 1.54) is 6.33 Å². The smallest absolute Gasteiger partial charge is 0.220 e. The van der Waals surface area contributed by atoms with Crippen molar-refractivity contribution in [2.45, 2.75) is 33.1 Å². The number of rotatable bonds is 1. The van der Waals surface area contributed by atoms with Crippen LogP contribution in [0.5, 0.6) is 5.88 Å². The number of ether oxygens (including phenoxy) is 1. The highest BCUT2D eigenvalue weighted by atomic mass is 16.5. The summed E-state index contributed by atoms with van der Waals surface area (Å²) in [6.07, 6.45) is 1.53. The molecule has 0 amide bonds. The Balaban J connectivity index is 3.32. The van der Waals surface area contributed by atoms with Crippen molar-refractivity contribution < 1.29 is 4.74 Å². The van der Waals surface area contributed by atoms with Crippen LogP contribution in [0.3, 0.4) is 0 Å². The van der Waals surface area contributed by atoms with E-state index in [0.717, 1.165) is 11.3 Å². The molecule has 0 saturated carbocycles. The van der Waals surface area contributed by atoms with Gasteiger partial charge < -0.3 is 4.74 Å². The van der Waals surface area contributed by atoms with Gasteiger partial charge in [0.2, 0.25) is 5.88 Å². The Bertz CT molecular complexity index is 302. The maximum absolute atomic E-state index is 5.20. The molecule has 0 spiro atoms. The van der Waals surface area contributed by atoms with Crippen molar-refractivity contribution in [1.29, 1.82) is 0 Å². The molecule has 0 aliphatic carbocycles. The van der Waals surface area contributed by atoms with Crippen molar-refractivity contribution in [2.24, 2.45) is 0 Å². The largest absolute Gasteiger partial charge is 0.481 e. The Morgan fingerprint density at radius 3 is 2.23 bits per heavy atom. The van der Waals surface area contributed by atoms with Crippen molar-refractivity contribution in [3.8, 4) is 5.88 Å². The Kier molecular flexibility index (Phi) is 2.55. The predicted octanol–water partition coefficient (Wildman–Crippen LogP) is 2.09. The average molecular weight is 180 g/mol. The lowest BCUT2D eigenvalue weighted by Crippen LogP contribution is -2.16. The van der Waals surface area contributed by atoms with Gasteiger partial charge in [0.1, 0.15) is 6.33 Å². The number of aryl methyl sites for hydroxylation is 1. The van der Waals surface area contributed by atoms with Crippen molar-refractivity contribution >= 4 is 0 Å². The number of nitrogens with zero attached hydrogens (tertiary/aromatic N) is 2. The molecule has 0 unspecified atom stereocenters. The fourth-order valence-corrected chi connectivity index (χ4v) is 1.47. The van der Waals surface area contributed by atoms with Crippen LogP contribution in [0, 0.1) is 6.92 Å². The van der Waals surface area contributed by atoms with Crippen LogP contribution in [-0.2, 0) is 5.41 Å². The highest BCUT2D eigenvalue weighted by molar-refractivity contribution is 5.35. The molecular weight excluding hydrogens is 164 g/mol. The summed E-state index contributed by atoms with van der Waals surface area (Å²) < 4.78 is 5.20. The third kappa shape index (κ3) is 1.97. The molecule has 72 valence electrons. The van der Waals surface area contributed by atoms with Crippen LogP contribution >= 0.6 is 0 Å². The Labute approximate surface area is 79.2 Å². The molecule has 1 aromatic rings. The first-order chi connectivity index (χ1) is 5.96. The van der Waals surface area contributed by atoms with Gasteiger partial charge in [-0.1, -0.05) is 20.8 Å². The summed E-state index contributed by atoms with van der Waals surface area (Å²) >= 11 is 0. The van der Waals surface area contributed by atoms with E-state index >= 15 is 0 Å². The van der Waals surface area contributed by atoms with Crippen molar-refractivity contribution in [2.75, 3.05) is 7.11 Å². The standard InChI is InChI=1S/C10H16N2O/c1-7-8(10(2,3)4)9(13-5)12-6-11-7/h6H,1-5H3. The minimum Gasteiger partial charge on any atom is -0.481 e. The van der Waals surface area contributed by atoms with Crippen LogP contribution in [-0.4, -0.2) is 17.1 Å². The maximum Gasteiger partial charge on any atom is 0.220 e. The van der Waals surface area contributed by atoms with E-state index < -0.39 is 0 Å². The molecule has 1 rings (SSSR count). The molecule has 13 heavy (non-hydrogen) atoms. The van der Waals surface area contributed by atoms with Crippen molar-refractivity contribution in [1.82, 2.24) is 9.97 Å². The molecule has 0 saturated heterocycles. The van der Waals surface area contributed by atoms with Crippen LogP contribution in [0.15, 0.2) is 6.33 Å². The lowest BCUT2D eigenvalue weighted by Gasteiger charge is -2.22. The molecule has 0 aromatic carbocycles. The predicted molar refractivity (Wildman–Crippen MR) is 52.0 cm³/mol. The fourth-order valence-electron chi connectivity index (χ4n) is 1.47. The highest BCUT2D eigenvalue weighted by Gasteiger charge is 2.22. The van der Waals surface area contributed by atoms with Gasteiger partial charge in [0, 0.05) is 11.3 Å². The second-order valence-electron chi connectivity index (χ2n) is 4.09. The zero-order valence-corrected chi connectivity index (χ0v) is 8.88. The second-order valence-corrected chi connectivity index (χ2v) is 4.09. The maximum atomic E-state index is 5.20. The Morgan fingerprint density at radius 1 is 1.23 bits per heavy atom. The SMILES string of the molecule is COc1ncnc(C)c1C(C)(C)C. The lowest BCUT2D eigenvalue weighted by molar-refractivity contribution is 0.377. The Morgan fingerprint density at radius 2 is 1.85 bits per heavy atom. The van der Waals surface area contributed by atoms with E-state index in [1.54, 1.807) is 7.11 Å². The number of aromatic nitrogens is 2. The first-order valence-electron chi connectivity index (χ1n) is 4.33. The van der Waals surface area contributed by atoms with E-state index in [9.17, 15) is 0 Å². The van der Waals surface area contributed by atoms with Gasteiger partial charge in [-0.05, 0) is 12.3 Å². The topological polar surface area (TPSA) is 35.0 Å². The average Bonchev–Trinajstić information content (AvgIpc) is 2.01. The molecule has 1 heterocycles. The molecule has 0 atom stereocenters. The minimum atomic E-state index is 0.0245. The summed E-state index contributed by atoms with van der Waals surface area (Å²) in [4.78, 5) is 8.25. The minimum absolute atomic E-state index is 0.0245. The summed E-state index contributed by atoms with van der Waals surface area (Å²) in [5.41, 5.74) is 2.09. The summed E-state index contributed by atoms with van der Waals surface area (Å²) in [6, 6.07) is 0. The molecule has 3 nitrogen and oxygen atoms in total. The molecule has 0 aliphatic rings. The molecule has 0 bridgehead atoms. The number of methoxy groups -OCH3 is 1. The van der Waals surface area contributed by atoms with Gasteiger partial charge in [-0.3, -0.25) is 0 Å². The lowest BCUT2D eigenvalue weighted by atomic mass is 9.86. The molecule has 0 aliphatic heterocycles. The van der Waals surface area contributed by atoms with Gasteiger partial charge in [0.25, 0.3) is 0 Å². The van der Waals surface area contributed by atoms with Crippen LogP contribution in [0.1, 0.15) is 32.0 Å². The summed E-state index contributed by atoms with van der Waals surface area (Å²) in [5.74, 6) is 0.681. The van der Waals surface area contributed by atoms with Gasteiger partial charge >= 0.3 is 0 Å². The van der Waals surface area contributed by atoms with E-state index in [0.29, 0.717) is 5.88 Å². The van der Waals surface area contributed by atoms with Gasteiger partial charge in [0.05, 0.1) is 7.11 Å². The zero-order valence-electron chi connectivity index (χ0n) is 8.88.